The number of methoxy groups -OCH3 is 1. The molecule has 0 N–H and O–H groups in total. The molecular formula is C12H21NO2. The van der Waals surface area contributed by atoms with Crippen molar-refractivity contribution in [3.05, 3.63) is 12.3 Å². The number of esters is 1. The van der Waals surface area contributed by atoms with Crippen LogP contribution in [0, 0.1) is 0 Å². The Labute approximate surface area is 92.1 Å². The lowest BCUT2D eigenvalue weighted by atomic mass is 10.1. The number of hydrogen-bond donors (Lipinski definition) is 0. The van der Waals surface area contributed by atoms with Crippen molar-refractivity contribution in [1.29, 1.82) is 0 Å². The normalized spacial score (nSPS) is 19.6. The summed E-state index contributed by atoms with van der Waals surface area (Å²) in [7, 11) is 1.40. The van der Waals surface area contributed by atoms with Crippen LogP contribution in [0.15, 0.2) is 12.3 Å². The Hall–Kier alpha value is -0.990. The van der Waals surface area contributed by atoms with Gasteiger partial charge in [-0.05, 0) is 6.42 Å². The zero-order valence-corrected chi connectivity index (χ0v) is 9.74. The topological polar surface area (TPSA) is 29.3 Å². The van der Waals surface area contributed by atoms with Crippen LogP contribution in [0.1, 0.15) is 39.0 Å². The summed E-state index contributed by atoms with van der Waals surface area (Å²) in [5.41, 5.74) is 0. The van der Waals surface area contributed by atoms with Crippen molar-refractivity contribution in [2.75, 3.05) is 13.7 Å². The van der Waals surface area contributed by atoms with Crippen molar-refractivity contribution in [1.82, 2.24) is 4.90 Å². The molecule has 0 radical (unpaired) electrons. The zero-order chi connectivity index (χ0) is 11.1. The summed E-state index contributed by atoms with van der Waals surface area (Å²) in [5.74, 6) is -0.272. The lowest BCUT2D eigenvalue weighted by Crippen LogP contribution is -1.98. The van der Waals surface area contributed by atoms with Crippen molar-refractivity contribution in [2.45, 2.75) is 45.1 Å². The maximum absolute atomic E-state index is 10.8. The highest BCUT2D eigenvalue weighted by Crippen LogP contribution is 2.23. The van der Waals surface area contributed by atoms with Gasteiger partial charge in [0.15, 0.2) is 0 Å². The average Bonchev–Trinajstić information content (AvgIpc) is 3.00. The van der Waals surface area contributed by atoms with Crippen LogP contribution in [-0.4, -0.2) is 30.6 Å². The molecule has 0 aromatic rings. The molecule has 86 valence electrons. The van der Waals surface area contributed by atoms with E-state index in [1.807, 2.05) is 6.20 Å². The van der Waals surface area contributed by atoms with Crippen LogP contribution in [-0.2, 0) is 9.53 Å². The number of unbranched alkanes of at least 4 members (excludes halogenated alkanes) is 3. The summed E-state index contributed by atoms with van der Waals surface area (Å²) in [6.07, 6.45) is 9.86. The number of ether oxygens (including phenoxy) is 1. The van der Waals surface area contributed by atoms with Crippen molar-refractivity contribution in [3.8, 4) is 0 Å². The standard InChI is InChI=1S/C12H21NO2/c1-3-4-5-6-7-11-10-13(11)9-8-12(14)15-2/h8-9,11H,3-7,10H2,1-2H3. The second kappa shape index (κ2) is 6.49. The second-order valence-corrected chi connectivity index (χ2v) is 4.04. The Balaban J connectivity index is 2.02. The molecule has 1 aliphatic heterocycles. The molecule has 1 rings (SSSR count). The highest BCUT2D eigenvalue weighted by atomic mass is 16.5. The number of carbonyl (C=O) groups is 1. The zero-order valence-electron chi connectivity index (χ0n) is 9.74. The fraction of sp³-hybridized carbons (Fsp3) is 0.750. The van der Waals surface area contributed by atoms with E-state index in [0.29, 0.717) is 6.04 Å². The van der Waals surface area contributed by atoms with Crippen molar-refractivity contribution >= 4 is 5.97 Å². The SMILES string of the molecule is CCCCCCC1CN1C=CC(=O)OC. The molecule has 0 aromatic carbocycles. The molecule has 1 saturated heterocycles. The van der Waals surface area contributed by atoms with Crippen LogP contribution >= 0.6 is 0 Å². The Kier molecular flexibility index (Phi) is 5.22. The molecule has 0 aliphatic carbocycles. The van der Waals surface area contributed by atoms with Gasteiger partial charge in [0.1, 0.15) is 0 Å². The fourth-order valence-corrected chi connectivity index (χ4v) is 1.67. The van der Waals surface area contributed by atoms with E-state index in [1.54, 1.807) is 0 Å². The summed E-state index contributed by atoms with van der Waals surface area (Å²) in [6.45, 7) is 3.32. The van der Waals surface area contributed by atoms with Crippen LogP contribution < -0.4 is 0 Å². The highest BCUT2D eigenvalue weighted by molar-refractivity contribution is 5.81. The number of hydrogen-bond acceptors (Lipinski definition) is 3. The first kappa shape index (κ1) is 12.1. The van der Waals surface area contributed by atoms with Crippen LogP contribution in [0.3, 0.4) is 0 Å². The van der Waals surface area contributed by atoms with Crippen molar-refractivity contribution < 1.29 is 9.53 Å². The van der Waals surface area contributed by atoms with Crippen LogP contribution in [0.4, 0.5) is 0 Å². The quantitative estimate of drug-likeness (QED) is 0.280. The third-order valence-corrected chi connectivity index (χ3v) is 2.75. The average molecular weight is 211 g/mol. The summed E-state index contributed by atoms with van der Waals surface area (Å²) >= 11 is 0. The first-order valence-electron chi connectivity index (χ1n) is 5.79. The van der Waals surface area contributed by atoms with E-state index >= 15 is 0 Å². The lowest BCUT2D eigenvalue weighted by molar-refractivity contribution is -0.134. The molecule has 0 saturated carbocycles. The van der Waals surface area contributed by atoms with Gasteiger partial charge in [0.05, 0.1) is 7.11 Å². The predicted molar refractivity (Wildman–Crippen MR) is 60.4 cm³/mol. The minimum absolute atomic E-state index is 0.272. The van der Waals surface area contributed by atoms with Crippen LogP contribution in [0.2, 0.25) is 0 Å². The smallest absolute Gasteiger partial charge is 0.331 e. The van der Waals surface area contributed by atoms with Gasteiger partial charge >= 0.3 is 5.97 Å². The summed E-state index contributed by atoms with van der Waals surface area (Å²) in [4.78, 5) is 13.0. The molecule has 0 bridgehead atoms. The molecule has 3 heteroatoms. The van der Waals surface area contributed by atoms with Crippen LogP contribution in [0.5, 0.6) is 0 Å². The van der Waals surface area contributed by atoms with Crippen molar-refractivity contribution in [2.24, 2.45) is 0 Å². The predicted octanol–water partition coefficient (Wildman–Crippen LogP) is 2.33. The van der Waals surface area contributed by atoms with Gasteiger partial charge in [0.25, 0.3) is 0 Å². The molecule has 1 aliphatic rings. The van der Waals surface area contributed by atoms with E-state index in [0.717, 1.165) is 6.54 Å². The van der Waals surface area contributed by atoms with Crippen LogP contribution in [0.25, 0.3) is 0 Å². The van der Waals surface area contributed by atoms with E-state index in [4.69, 9.17) is 0 Å². The molecule has 1 fully saturated rings. The van der Waals surface area contributed by atoms with E-state index < -0.39 is 0 Å². The minimum atomic E-state index is -0.272. The molecule has 15 heavy (non-hydrogen) atoms. The van der Waals surface area contributed by atoms with Gasteiger partial charge in [0.2, 0.25) is 0 Å². The van der Waals surface area contributed by atoms with Gasteiger partial charge < -0.3 is 9.64 Å². The summed E-state index contributed by atoms with van der Waals surface area (Å²) in [5, 5.41) is 0. The number of carbonyl (C=O) groups excluding carboxylic acids is 1. The molecule has 1 unspecified atom stereocenters. The fourth-order valence-electron chi connectivity index (χ4n) is 1.67. The molecule has 1 heterocycles. The molecule has 1 atom stereocenters. The van der Waals surface area contributed by atoms with E-state index in [9.17, 15) is 4.79 Å². The maximum atomic E-state index is 10.8. The second-order valence-electron chi connectivity index (χ2n) is 4.04. The molecule has 0 aromatic heterocycles. The first-order valence-corrected chi connectivity index (χ1v) is 5.79. The third kappa shape index (κ3) is 4.86. The summed E-state index contributed by atoms with van der Waals surface area (Å²) in [6, 6.07) is 0.669. The van der Waals surface area contributed by atoms with E-state index in [-0.39, 0.29) is 5.97 Å². The highest BCUT2D eigenvalue weighted by Gasteiger charge is 2.29. The molecule has 0 spiro atoms. The van der Waals surface area contributed by atoms with Gasteiger partial charge in [-0.25, -0.2) is 4.79 Å². The largest absolute Gasteiger partial charge is 0.466 e. The lowest BCUT2D eigenvalue weighted by Gasteiger charge is -1.99. The number of rotatable bonds is 7. The van der Waals surface area contributed by atoms with Crippen molar-refractivity contribution in [3.63, 3.8) is 0 Å². The summed E-state index contributed by atoms with van der Waals surface area (Å²) < 4.78 is 4.52. The van der Waals surface area contributed by atoms with Gasteiger partial charge in [-0.1, -0.05) is 32.6 Å². The number of nitrogens with zero attached hydrogens (tertiary/aromatic N) is 1. The molecule has 0 amide bonds. The van der Waals surface area contributed by atoms with Gasteiger partial charge in [-0.3, -0.25) is 0 Å². The maximum Gasteiger partial charge on any atom is 0.331 e. The van der Waals surface area contributed by atoms with E-state index in [2.05, 4.69) is 16.6 Å². The molecule has 3 nitrogen and oxygen atoms in total. The Bertz CT molecular complexity index is 226. The van der Waals surface area contributed by atoms with E-state index in [1.165, 1.54) is 45.3 Å². The Morgan fingerprint density at radius 3 is 2.93 bits per heavy atom. The first-order chi connectivity index (χ1) is 7.27. The van der Waals surface area contributed by atoms with Gasteiger partial charge in [-0.15, -0.1) is 0 Å². The third-order valence-electron chi connectivity index (χ3n) is 2.75. The van der Waals surface area contributed by atoms with Gasteiger partial charge in [0, 0.05) is 24.9 Å². The minimum Gasteiger partial charge on any atom is -0.466 e. The molecular weight excluding hydrogens is 190 g/mol. The Morgan fingerprint density at radius 1 is 1.47 bits per heavy atom. The van der Waals surface area contributed by atoms with Gasteiger partial charge in [-0.2, -0.15) is 0 Å². The monoisotopic (exact) mass is 211 g/mol. The Morgan fingerprint density at radius 2 is 2.27 bits per heavy atom.